The lowest BCUT2D eigenvalue weighted by Gasteiger charge is -2.34. The minimum absolute atomic E-state index is 0.732. The molecule has 2 unspecified atom stereocenters. The molecule has 2 heteroatoms. The average Bonchev–Trinajstić information content (AvgIpc) is 2.26. The number of nitrogens with zero attached hydrogens (tertiary/aromatic N) is 1. The van der Waals surface area contributed by atoms with Crippen LogP contribution >= 0.6 is 0 Å². The van der Waals surface area contributed by atoms with Gasteiger partial charge in [-0.05, 0) is 38.6 Å². The van der Waals surface area contributed by atoms with Crippen LogP contribution in [0.15, 0.2) is 0 Å². The van der Waals surface area contributed by atoms with Crippen LogP contribution in [0.1, 0.15) is 33.1 Å². The van der Waals surface area contributed by atoms with Gasteiger partial charge in [0.2, 0.25) is 0 Å². The molecule has 0 amide bonds. The zero-order chi connectivity index (χ0) is 10.1. The zero-order valence-electron chi connectivity index (χ0n) is 9.79. The molecular weight excluding hydrogens is 172 g/mol. The largest absolute Gasteiger partial charge is 0.310 e. The van der Waals surface area contributed by atoms with Crippen LogP contribution in [0.2, 0.25) is 0 Å². The van der Waals surface area contributed by atoms with E-state index in [9.17, 15) is 0 Å². The predicted molar refractivity (Wildman–Crippen MR) is 60.4 cm³/mol. The standard InChI is InChI=1S/C12H24N2/c1-9-7-14(3)8-12(9)13-10(2)11-5-4-6-11/h9-13H,4-8H2,1-3H3/t9?,10-,12?/m0/s1. The van der Waals surface area contributed by atoms with Gasteiger partial charge in [0.05, 0.1) is 0 Å². The van der Waals surface area contributed by atoms with Gasteiger partial charge < -0.3 is 10.2 Å². The number of hydrogen-bond acceptors (Lipinski definition) is 2. The molecule has 0 spiro atoms. The summed E-state index contributed by atoms with van der Waals surface area (Å²) in [6.07, 6.45) is 4.35. The van der Waals surface area contributed by atoms with Crippen molar-refractivity contribution in [3.63, 3.8) is 0 Å². The maximum atomic E-state index is 3.82. The second kappa shape index (κ2) is 4.19. The Morgan fingerprint density at radius 2 is 2.00 bits per heavy atom. The van der Waals surface area contributed by atoms with Crippen LogP contribution in [0.5, 0.6) is 0 Å². The number of rotatable bonds is 3. The van der Waals surface area contributed by atoms with Crippen LogP contribution in [0.4, 0.5) is 0 Å². The Morgan fingerprint density at radius 1 is 1.29 bits per heavy atom. The molecule has 1 N–H and O–H groups in total. The molecular formula is C12H24N2. The van der Waals surface area contributed by atoms with Crippen molar-refractivity contribution in [3.05, 3.63) is 0 Å². The van der Waals surface area contributed by atoms with Crippen LogP contribution in [0.3, 0.4) is 0 Å². The number of likely N-dealkylation sites (tertiary alicyclic amines) is 1. The van der Waals surface area contributed by atoms with Gasteiger partial charge in [0.1, 0.15) is 0 Å². The third-order valence-electron chi connectivity index (χ3n) is 4.13. The van der Waals surface area contributed by atoms with E-state index in [0.717, 1.165) is 23.9 Å². The molecule has 2 rings (SSSR count). The Labute approximate surface area is 88.1 Å². The van der Waals surface area contributed by atoms with Crippen molar-refractivity contribution in [1.82, 2.24) is 10.2 Å². The SMILES string of the molecule is CC1CN(C)CC1N[C@@H](C)C1CCC1. The molecule has 14 heavy (non-hydrogen) atoms. The normalized spacial score (nSPS) is 37.1. The molecule has 1 aliphatic carbocycles. The summed E-state index contributed by atoms with van der Waals surface area (Å²) in [5.74, 6) is 1.79. The van der Waals surface area contributed by atoms with Gasteiger partial charge in [-0.25, -0.2) is 0 Å². The van der Waals surface area contributed by atoms with Crippen LogP contribution in [-0.4, -0.2) is 37.1 Å². The van der Waals surface area contributed by atoms with Gasteiger partial charge in [0, 0.05) is 25.2 Å². The molecule has 82 valence electrons. The minimum atomic E-state index is 0.732. The van der Waals surface area contributed by atoms with Crippen LogP contribution in [-0.2, 0) is 0 Å². The summed E-state index contributed by atoms with van der Waals surface area (Å²) >= 11 is 0. The lowest BCUT2D eigenvalue weighted by atomic mass is 9.80. The Bertz CT molecular complexity index is 189. The molecule has 0 aromatic heterocycles. The van der Waals surface area contributed by atoms with Gasteiger partial charge in [-0.3, -0.25) is 0 Å². The fraction of sp³-hybridized carbons (Fsp3) is 1.00. The fourth-order valence-electron chi connectivity index (χ4n) is 2.84. The van der Waals surface area contributed by atoms with Crippen LogP contribution in [0, 0.1) is 11.8 Å². The van der Waals surface area contributed by atoms with Gasteiger partial charge >= 0.3 is 0 Å². The van der Waals surface area contributed by atoms with E-state index in [1.54, 1.807) is 0 Å². The maximum Gasteiger partial charge on any atom is 0.0235 e. The lowest BCUT2D eigenvalue weighted by Crippen LogP contribution is -2.46. The van der Waals surface area contributed by atoms with Crippen molar-refractivity contribution in [1.29, 1.82) is 0 Å². The highest BCUT2D eigenvalue weighted by molar-refractivity contribution is 4.89. The van der Waals surface area contributed by atoms with E-state index in [-0.39, 0.29) is 0 Å². The van der Waals surface area contributed by atoms with Crippen molar-refractivity contribution in [3.8, 4) is 0 Å². The number of nitrogens with one attached hydrogen (secondary N) is 1. The summed E-state index contributed by atoms with van der Waals surface area (Å²) in [7, 11) is 2.23. The molecule has 0 aromatic carbocycles. The van der Waals surface area contributed by atoms with Gasteiger partial charge in [0.15, 0.2) is 0 Å². The van der Waals surface area contributed by atoms with Crippen molar-refractivity contribution in [2.75, 3.05) is 20.1 Å². The van der Waals surface area contributed by atoms with Crippen molar-refractivity contribution < 1.29 is 0 Å². The highest BCUT2D eigenvalue weighted by Crippen LogP contribution is 2.30. The molecule has 3 atom stereocenters. The zero-order valence-corrected chi connectivity index (χ0v) is 9.79. The smallest absolute Gasteiger partial charge is 0.0235 e. The van der Waals surface area contributed by atoms with E-state index >= 15 is 0 Å². The first-order valence-electron chi connectivity index (χ1n) is 6.11. The molecule has 1 aliphatic heterocycles. The maximum absolute atomic E-state index is 3.82. The Kier molecular flexibility index (Phi) is 3.13. The quantitative estimate of drug-likeness (QED) is 0.739. The van der Waals surface area contributed by atoms with E-state index in [1.165, 1.54) is 32.4 Å². The summed E-state index contributed by atoms with van der Waals surface area (Å²) < 4.78 is 0. The summed E-state index contributed by atoms with van der Waals surface area (Å²) in [4.78, 5) is 2.44. The monoisotopic (exact) mass is 196 g/mol. The fourth-order valence-corrected chi connectivity index (χ4v) is 2.84. The predicted octanol–water partition coefficient (Wildman–Crippen LogP) is 1.71. The molecule has 0 radical (unpaired) electrons. The summed E-state index contributed by atoms with van der Waals surface area (Å²) in [5.41, 5.74) is 0. The first-order chi connectivity index (χ1) is 6.66. The summed E-state index contributed by atoms with van der Waals surface area (Å²) in [6, 6.07) is 1.47. The van der Waals surface area contributed by atoms with Gasteiger partial charge in [-0.15, -0.1) is 0 Å². The van der Waals surface area contributed by atoms with Gasteiger partial charge in [-0.2, -0.15) is 0 Å². The highest BCUT2D eigenvalue weighted by Gasteiger charge is 2.31. The molecule has 1 saturated carbocycles. The van der Waals surface area contributed by atoms with Crippen molar-refractivity contribution >= 4 is 0 Å². The first kappa shape index (κ1) is 10.4. The van der Waals surface area contributed by atoms with E-state index in [1.807, 2.05) is 0 Å². The Balaban J connectivity index is 1.78. The highest BCUT2D eigenvalue weighted by atomic mass is 15.2. The lowest BCUT2D eigenvalue weighted by molar-refractivity contribution is 0.219. The molecule has 2 nitrogen and oxygen atoms in total. The molecule has 0 bridgehead atoms. The molecule has 2 aliphatic rings. The second-order valence-corrected chi connectivity index (χ2v) is 5.45. The molecule has 2 fully saturated rings. The number of hydrogen-bond donors (Lipinski definition) is 1. The van der Waals surface area contributed by atoms with E-state index < -0.39 is 0 Å². The number of likely N-dealkylation sites (N-methyl/N-ethyl adjacent to an activating group) is 1. The summed E-state index contributed by atoms with van der Waals surface area (Å²) in [6.45, 7) is 7.23. The summed E-state index contributed by atoms with van der Waals surface area (Å²) in [5, 5.41) is 3.82. The van der Waals surface area contributed by atoms with Crippen LogP contribution < -0.4 is 5.32 Å². The van der Waals surface area contributed by atoms with E-state index in [4.69, 9.17) is 0 Å². The first-order valence-corrected chi connectivity index (χ1v) is 6.11. The third-order valence-corrected chi connectivity index (χ3v) is 4.13. The van der Waals surface area contributed by atoms with Gasteiger partial charge in [0.25, 0.3) is 0 Å². The molecule has 1 saturated heterocycles. The minimum Gasteiger partial charge on any atom is -0.310 e. The average molecular weight is 196 g/mol. The van der Waals surface area contributed by atoms with Crippen molar-refractivity contribution in [2.45, 2.75) is 45.2 Å². The van der Waals surface area contributed by atoms with E-state index in [2.05, 4.69) is 31.1 Å². The third kappa shape index (κ3) is 2.12. The van der Waals surface area contributed by atoms with Crippen LogP contribution in [0.25, 0.3) is 0 Å². The van der Waals surface area contributed by atoms with Crippen molar-refractivity contribution in [2.24, 2.45) is 11.8 Å². The topological polar surface area (TPSA) is 15.3 Å². The Morgan fingerprint density at radius 3 is 2.43 bits per heavy atom. The van der Waals surface area contributed by atoms with E-state index in [0.29, 0.717) is 0 Å². The molecule has 1 heterocycles. The van der Waals surface area contributed by atoms with Gasteiger partial charge in [-0.1, -0.05) is 13.3 Å². The second-order valence-electron chi connectivity index (χ2n) is 5.45. The Hall–Kier alpha value is -0.0800. The molecule has 0 aromatic rings.